The fraction of sp³-hybridized carbons (Fsp3) is 0.500. The van der Waals surface area contributed by atoms with Gasteiger partial charge in [0.15, 0.2) is 22.8 Å². The number of nitrogens with zero attached hydrogens (tertiary/aromatic N) is 3. The van der Waals surface area contributed by atoms with Crippen LogP contribution >= 0.6 is 15.2 Å². The quantitative estimate of drug-likeness (QED) is 0.0833. The summed E-state index contributed by atoms with van der Waals surface area (Å²) in [5, 5.41) is 7.53. The number of aromatic nitrogens is 1. The second kappa shape index (κ2) is 15.0. The van der Waals surface area contributed by atoms with Crippen molar-refractivity contribution in [3.63, 3.8) is 0 Å². The average molecular weight is 766 g/mol. The molecule has 2 aliphatic heterocycles. The van der Waals surface area contributed by atoms with Crippen LogP contribution in [0.2, 0.25) is 0 Å². The van der Waals surface area contributed by atoms with Crippen LogP contribution in [0, 0.1) is 11.7 Å². The molecule has 3 fully saturated rings. The Morgan fingerprint density at radius 2 is 1.73 bits per heavy atom. The van der Waals surface area contributed by atoms with E-state index >= 15 is 4.39 Å². The smallest absolute Gasteiger partial charge is 0.341 e. The molecule has 15 nitrogen and oxygen atoms in total. The summed E-state index contributed by atoms with van der Waals surface area (Å²) in [6.07, 6.45) is 4.59. The highest BCUT2D eigenvalue weighted by Gasteiger charge is 2.43. The fourth-order valence-electron chi connectivity index (χ4n) is 7.57. The zero-order chi connectivity index (χ0) is 37.5. The molecule has 2 aromatic carbocycles. The van der Waals surface area contributed by atoms with E-state index in [2.05, 4.69) is 4.90 Å². The van der Waals surface area contributed by atoms with Crippen LogP contribution in [-0.4, -0.2) is 97.2 Å². The first-order valence-electron chi connectivity index (χ1n) is 17.1. The highest BCUT2D eigenvalue weighted by Crippen LogP contribution is 2.61. The van der Waals surface area contributed by atoms with Gasteiger partial charge in [0.1, 0.15) is 17.0 Å². The molecule has 0 amide bonds. The molecule has 3 heterocycles. The summed E-state index contributed by atoms with van der Waals surface area (Å²) in [5.74, 6) is -1.32. The summed E-state index contributed by atoms with van der Waals surface area (Å²) < 4.78 is 52.0. The van der Waals surface area contributed by atoms with Gasteiger partial charge in [0.2, 0.25) is 5.43 Å². The number of hydrogen-bond donors (Lipinski definition) is 5. The van der Waals surface area contributed by atoms with Crippen molar-refractivity contribution in [3.8, 4) is 11.5 Å². The summed E-state index contributed by atoms with van der Waals surface area (Å²) >= 11 is 0. The number of carboxylic acid groups (broad SMARTS) is 1. The number of aromatic carboxylic acids is 1. The molecule has 18 heteroatoms. The Kier molecular flexibility index (Phi) is 11.0. The number of benzene rings is 2. The van der Waals surface area contributed by atoms with Gasteiger partial charge in [0.25, 0.3) is 0 Å². The van der Waals surface area contributed by atoms with Gasteiger partial charge in [-0.1, -0.05) is 0 Å². The second-order valence-electron chi connectivity index (χ2n) is 13.7. The first-order chi connectivity index (χ1) is 24.6. The number of ketones is 1. The third kappa shape index (κ3) is 7.98. The van der Waals surface area contributed by atoms with E-state index in [-0.39, 0.29) is 60.1 Å². The van der Waals surface area contributed by atoms with Crippen LogP contribution in [0.1, 0.15) is 71.7 Å². The SMILES string of the molecule is COc1c(N2CC3CCCN(CCC(=O)c4ccc(OCCCC(P(=O)(O)O)P(=O)(O)O)cc4)C3C2)c(F)cc2c(=O)c(C(=O)O)cn(C3CC3)c12. The summed E-state index contributed by atoms with van der Waals surface area (Å²) in [6.45, 7) is 2.25. The number of rotatable bonds is 15. The lowest BCUT2D eigenvalue weighted by molar-refractivity contribution is 0.0694. The number of likely N-dealkylation sites (tertiary alicyclic amines) is 1. The summed E-state index contributed by atoms with van der Waals surface area (Å²) in [4.78, 5) is 79.4. The summed E-state index contributed by atoms with van der Waals surface area (Å²) in [5.41, 5.74) is -0.0786. The normalized spacial score (nSPS) is 19.6. The molecule has 2 saturated heterocycles. The van der Waals surface area contributed by atoms with Crippen LogP contribution in [0.3, 0.4) is 0 Å². The molecule has 1 saturated carbocycles. The van der Waals surface area contributed by atoms with Crippen molar-refractivity contribution in [1.29, 1.82) is 0 Å². The zero-order valence-corrected chi connectivity index (χ0v) is 30.3. The molecule has 6 rings (SSSR count). The van der Waals surface area contributed by atoms with Gasteiger partial charge < -0.3 is 43.6 Å². The molecule has 0 radical (unpaired) electrons. The Morgan fingerprint density at radius 3 is 2.35 bits per heavy atom. The van der Waals surface area contributed by atoms with Crippen molar-refractivity contribution in [1.82, 2.24) is 9.47 Å². The van der Waals surface area contributed by atoms with Crippen LogP contribution in [0.15, 0.2) is 41.3 Å². The van der Waals surface area contributed by atoms with Gasteiger partial charge in [-0.25, -0.2) is 9.18 Å². The molecule has 3 aliphatic rings. The number of pyridine rings is 1. The van der Waals surface area contributed by atoms with E-state index in [4.69, 9.17) is 9.47 Å². The van der Waals surface area contributed by atoms with Crippen molar-refractivity contribution in [3.05, 3.63) is 63.7 Å². The Bertz CT molecular complexity index is 1990. The van der Waals surface area contributed by atoms with Gasteiger partial charge in [-0.2, -0.15) is 0 Å². The number of ether oxygens (including phenoxy) is 2. The lowest BCUT2D eigenvalue weighted by atomic mass is 9.91. The van der Waals surface area contributed by atoms with E-state index in [0.29, 0.717) is 36.5 Å². The molecule has 1 aromatic heterocycles. The average Bonchev–Trinajstić information content (AvgIpc) is 3.83. The molecule has 1 aliphatic carbocycles. The lowest BCUT2D eigenvalue weighted by Crippen LogP contribution is -2.45. The number of methoxy groups -OCH3 is 1. The molecule has 52 heavy (non-hydrogen) atoms. The minimum atomic E-state index is -5.00. The van der Waals surface area contributed by atoms with Crippen LogP contribution in [-0.2, 0) is 9.13 Å². The van der Waals surface area contributed by atoms with E-state index in [9.17, 15) is 48.2 Å². The van der Waals surface area contributed by atoms with E-state index in [0.717, 1.165) is 38.3 Å². The summed E-state index contributed by atoms with van der Waals surface area (Å²) in [7, 11) is -8.57. The first-order valence-corrected chi connectivity index (χ1v) is 20.5. The third-order valence-corrected chi connectivity index (χ3v) is 14.1. The largest absolute Gasteiger partial charge is 0.494 e. The molecule has 3 aromatic rings. The van der Waals surface area contributed by atoms with E-state index in [1.165, 1.54) is 13.3 Å². The van der Waals surface area contributed by atoms with Crippen molar-refractivity contribution in [2.24, 2.45) is 5.92 Å². The first kappa shape index (κ1) is 38.1. The number of carbonyl (C=O) groups excluding carboxylic acids is 1. The Morgan fingerprint density at radius 1 is 1.04 bits per heavy atom. The number of fused-ring (bicyclic) bond motifs is 2. The van der Waals surface area contributed by atoms with Gasteiger partial charge in [0, 0.05) is 49.9 Å². The van der Waals surface area contributed by atoms with Gasteiger partial charge in [-0.3, -0.25) is 23.6 Å². The van der Waals surface area contributed by atoms with E-state index in [1.807, 2.05) is 4.90 Å². The predicted octanol–water partition coefficient (Wildman–Crippen LogP) is 4.20. The molecular formula is C34H42FN3O12P2. The number of Topliss-reactive ketones (excluding diaryl/α,β-unsaturated/α-hetero) is 1. The zero-order valence-electron chi connectivity index (χ0n) is 28.5. The number of anilines is 1. The molecule has 282 valence electrons. The maximum atomic E-state index is 16.0. The van der Waals surface area contributed by atoms with Gasteiger partial charge in [-0.15, -0.1) is 0 Å². The van der Waals surface area contributed by atoms with Crippen molar-refractivity contribution < 1.29 is 57.3 Å². The van der Waals surface area contributed by atoms with Crippen LogP contribution in [0.25, 0.3) is 10.9 Å². The minimum Gasteiger partial charge on any atom is -0.494 e. The molecule has 0 spiro atoms. The molecule has 2 atom stereocenters. The fourth-order valence-corrected chi connectivity index (χ4v) is 10.2. The number of piperidine rings is 1. The molecule has 5 N–H and O–H groups in total. The number of hydrogen-bond acceptors (Lipinski definition) is 9. The minimum absolute atomic E-state index is 0.00749. The van der Waals surface area contributed by atoms with Crippen molar-refractivity contribution in [2.75, 3.05) is 44.8 Å². The maximum absolute atomic E-state index is 16.0. The maximum Gasteiger partial charge on any atom is 0.341 e. The monoisotopic (exact) mass is 765 g/mol. The number of carboxylic acids is 1. The molecule has 2 unspecified atom stereocenters. The van der Waals surface area contributed by atoms with E-state index in [1.54, 1.807) is 28.8 Å². The van der Waals surface area contributed by atoms with Crippen LogP contribution in [0.5, 0.6) is 11.5 Å². The number of carbonyl (C=O) groups is 2. The topological polar surface area (TPSA) is 216 Å². The Labute approximate surface area is 298 Å². The van der Waals surface area contributed by atoms with Gasteiger partial charge in [-0.05, 0) is 81.3 Å². The van der Waals surface area contributed by atoms with Crippen LogP contribution in [0.4, 0.5) is 10.1 Å². The highest BCUT2D eigenvalue weighted by atomic mass is 31.2. The predicted molar refractivity (Wildman–Crippen MR) is 188 cm³/mol. The Hall–Kier alpha value is -3.62. The number of halogens is 1. The van der Waals surface area contributed by atoms with Gasteiger partial charge >= 0.3 is 21.2 Å². The van der Waals surface area contributed by atoms with Crippen LogP contribution < -0.4 is 19.8 Å². The second-order valence-corrected chi connectivity index (χ2v) is 17.7. The highest BCUT2D eigenvalue weighted by molar-refractivity contribution is 7.70. The van der Waals surface area contributed by atoms with Gasteiger partial charge in [0.05, 0.1) is 24.6 Å². The standard InChI is InChI=1S/C34H42FN3O12P2/c1-49-33-30-24(32(40)25(34(41)42)18-38(30)22-8-9-22)16-26(35)31(33)37-17-21-4-2-13-36(27(21)19-37)14-12-28(39)20-6-10-23(11-7-20)50-15-3-5-29(51(43,44)45)52(46,47)48/h6-7,10-11,16,18,21-22,27,29H,2-5,8-9,12-15,17,19H2,1H3,(H,41,42)(H2,43,44,45)(H2,46,47,48). The van der Waals surface area contributed by atoms with E-state index < -0.39 is 49.8 Å². The molecular weight excluding hydrogens is 723 g/mol. The Balaban J connectivity index is 1.10. The lowest BCUT2D eigenvalue weighted by Gasteiger charge is -2.36. The molecule has 0 bridgehead atoms. The third-order valence-electron chi connectivity index (χ3n) is 10.2. The summed E-state index contributed by atoms with van der Waals surface area (Å²) in [6, 6.07) is 7.55. The van der Waals surface area contributed by atoms with Crippen molar-refractivity contribution >= 4 is 43.5 Å². The van der Waals surface area contributed by atoms with Crippen molar-refractivity contribution in [2.45, 2.75) is 62.4 Å².